The van der Waals surface area contributed by atoms with Crippen LogP contribution < -0.4 is 0 Å². The van der Waals surface area contributed by atoms with E-state index in [0.717, 1.165) is 6.04 Å². The van der Waals surface area contributed by atoms with Crippen LogP contribution in [0, 0.1) is 6.42 Å². The highest BCUT2D eigenvalue weighted by atomic mass is 15.1. The number of allylic oxidation sites excluding steroid dienone is 1. The van der Waals surface area contributed by atoms with Gasteiger partial charge in [0.1, 0.15) is 0 Å². The van der Waals surface area contributed by atoms with Crippen LogP contribution in [-0.4, -0.2) is 24.5 Å². The molecule has 2 rings (SSSR count). The number of likely N-dealkylation sites (tertiary alicyclic amines) is 1. The quantitative estimate of drug-likeness (QED) is 0.700. The number of benzene rings is 1. The molecule has 1 heterocycles. The van der Waals surface area contributed by atoms with Gasteiger partial charge in [-0.05, 0) is 51.3 Å². The lowest BCUT2D eigenvalue weighted by Crippen LogP contribution is -2.35. The van der Waals surface area contributed by atoms with E-state index in [1.165, 1.54) is 44.2 Å². The largest absolute Gasteiger partial charge is 0.303 e. The summed E-state index contributed by atoms with van der Waals surface area (Å²) in [6.07, 6.45) is 13.3. The molecule has 0 spiro atoms. The molecule has 1 saturated heterocycles. The third-order valence-electron chi connectivity index (χ3n) is 3.81. The zero-order valence-electron chi connectivity index (χ0n) is 11.4. The summed E-state index contributed by atoms with van der Waals surface area (Å²) in [6.45, 7) is 1.28. The molecular weight excluding hydrogens is 218 g/mol. The molecule has 0 bridgehead atoms. The highest BCUT2D eigenvalue weighted by Crippen LogP contribution is 2.19. The van der Waals surface area contributed by atoms with Gasteiger partial charge in [0.25, 0.3) is 0 Å². The minimum Gasteiger partial charge on any atom is -0.303 e. The SMILES string of the molecule is CN1CCCCC1CC[CH]/C=C/c1ccccc1. The summed E-state index contributed by atoms with van der Waals surface area (Å²) in [7, 11) is 2.27. The number of unbranched alkanes of at least 4 members (excludes halogenated alkanes) is 1. The predicted octanol–water partition coefficient (Wildman–Crippen LogP) is 4.17. The van der Waals surface area contributed by atoms with E-state index < -0.39 is 0 Å². The van der Waals surface area contributed by atoms with E-state index in [4.69, 9.17) is 0 Å². The van der Waals surface area contributed by atoms with E-state index in [2.05, 4.69) is 60.9 Å². The van der Waals surface area contributed by atoms with Crippen molar-refractivity contribution in [3.63, 3.8) is 0 Å². The first kappa shape index (κ1) is 13.4. The van der Waals surface area contributed by atoms with Gasteiger partial charge in [-0.1, -0.05) is 48.9 Å². The van der Waals surface area contributed by atoms with Gasteiger partial charge < -0.3 is 4.90 Å². The Kier molecular flexibility index (Phi) is 5.47. The van der Waals surface area contributed by atoms with Crippen LogP contribution in [0.5, 0.6) is 0 Å². The molecule has 1 aromatic carbocycles. The fraction of sp³-hybridized carbons (Fsp3) is 0.471. The monoisotopic (exact) mass is 242 g/mol. The molecular formula is C17H24N. The average Bonchev–Trinajstić information content (AvgIpc) is 2.42. The van der Waals surface area contributed by atoms with E-state index in [1.807, 2.05) is 0 Å². The second-order valence-corrected chi connectivity index (χ2v) is 5.21. The maximum Gasteiger partial charge on any atom is 0.00924 e. The summed E-state index contributed by atoms with van der Waals surface area (Å²) in [5, 5.41) is 0. The highest BCUT2D eigenvalue weighted by molar-refractivity contribution is 5.49. The molecule has 1 aromatic rings. The second-order valence-electron chi connectivity index (χ2n) is 5.21. The molecule has 1 aliphatic rings. The van der Waals surface area contributed by atoms with Gasteiger partial charge in [0.2, 0.25) is 0 Å². The summed E-state index contributed by atoms with van der Waals surface area (Å²) in [5.74, 6) is 0. The van der Waals surface area contributed by atoms with Crippen molar-refractivity contribution in [1.82, 2.24) is 4.90 Å². The number of hydrogen-bond acceptors (Lipinski definition) is 1. The van der Waals surface area contributed by atoms with Gasteiger partial charge in [-0.25, -0.2) is 0 Å². The van der Waals surface area contributed by atoms with Crippen LogP contribution >= 0.6 is 0 Å². The maximum absolute atomic E-state index is 2.53. The first-order chi connectivity index (χ1) is 8.86. The fourth-order valence-corrected chi connectivity index (χ4v) is 2.64. The topological polar surface area (TPSA) is 3.24 Å². The Morgan fingerprint density at radius 1 is 1.22 bits per heavy atom. The van der Waals surface area contributed by atoms with E-state index >= 15 is 0 Å². The Bertz CT molecular complexity index is 355. The van der Waals surface area contributed by atoms with Crippen LogP contribution in [0.15, 0.2) is 36.4 Å². The average molecular weight is 242 g/mol. The first-order valence-corrected chi connectivity index (χ1v) is 7.11. The lowest BCUT2D eigenvalue weighted by molar-refractivity contribution is 0.176. The molecule has 1 heteroatoms. The van der Waals surface area contributed by atoms with Crippen molar-refractivity contribution in [2.45, 2.75) is 38.1 Å². The van der Waals surface area contributed by atoms with Crippen molar-refractivity contribution < 1.29 is 0 Å². The van der Waals surface area contributed by atoms with Crippen LogP contribution in [0.2, 0.25) is 0 Å². The van der Waals surface area contributed by atoms with Gasteiger partial charge in [0, 0.05) is 6.04 Å². The van der Waals surface area contributed by atoms with Gasteiger partial charge >= 0.3 is 0 Å². The van der Waals surface area contributed by atoms with Gasteiger partial charge in [-0.15, -0.1) is 0 Å². The number of nitrogens with zero attached hydrogens (tertiary/aromatic N) is 1. The fourth-order valence-electron chi connectivity index (χ4n) is 2.64. The molecule has 1 nitrogen and oxygen atoms in total. The van der Waals surface area contributed by atoms with Crippen molar-refractivity contribution >= 4 is 6.08 Å². The normalized spacial score (nSPS) is 21.5. The number of hydrogen-bond donors (Lipinski definition) is 0. The third-order valence-corrected chi connectivity index (χ3v) is 3.81. The minimum absolute atomic E-state index is 0.806. The zero-order chi connectivity index (χ0) is 12.6. The van der Waals surface area contributed by atoms with Crippen molar-refractivity contribution in [3.05, 3.63) is 48.4 Å². The van der Waals surface area contributed by atoms with Crippen LogP contribution in [0.3, 0.4) is 0 Å². The van der Waals surface area contributed by atoms with Crippen LogP contribution in [0.1, 0.15) is 37.7 Å². The Hall–Kier alpha value is -1.08. The Labute approximate surface area is 112 Å². The third kappa shape index (κ3) is 4.30. The number of piperidine rings is 1. The molecule has 1 fully saturated rings. The molecule has 1 atom stereocenters. The molecule has 0 aromatic heterocycles. The number of rotatable bonds is 5. The standard InChI is InChI=1S/C17H24N/c1-18-15-9-8-14-17(18)13-7-3-6-12-16-10-4-2-5-11-16/h2-6,10-12,17H,7-9,13-15H2,1H3/b12-6+. The van der Waals surface area contributed by atoms with E-state index in [0.29, 0.717) is 0 Å². The van der Waals surface area contributed by atoms with Gasteiger partial charge in [0.05, 0.1) is 0 Å². The van der Waals surface area contributed by atoms with Crippen molar-refractivity contribution in [3.8, 4) is 0 Å². The predicted molar refractivity (Wildman–Crippen MR) is 79.3 cm³/mol. The molecule has 1 aliphatic heterocycles. The Morgan fingerprint density at radius 2 is 2.06 bits per heavy atom. The lowest BCUT2D eigenvalue weighted by atomic mass is 9.98. The van der Waals surface area contributed by atoms with Crippen molar-refractivity contribution in [1.29, 1.82) is 0 Å². The molecule has 18 heavy (non-hydrogen) atoms. The first-order valence-electron chi connectivity index (χ1n) is 7.11. The van der Waals surface area contributed by atoms with Crippen molar-refractivity contribution in [2.24, 2.45) is 0 Å². The van der Waals surface area contributed by atoms with Crippen LogP contribution in [0.25, 0.3) is 6.08 Å². The van der Waals surface area contributed by atoms with E-state index in [9.17, 15) is 0 Å². The summed E-state index contributed by atoms with van der Waals surface area (Å²) < 4.78 is 0. The highest BCUT2D eigenvalue weighted by Gasteiger charge is 2.17. The summed E-state index contributed by atoms with van der Waals surface area (Å²) in [5.41, 5.74) is 1.28. The van der Waals surface area contributed by atoms with Gasteiger partial charge in [-0.3, -0.25) is 0 Å². The second kappa shape index (κ2) is 7.38. The molecule has 0 aliphatic carbocycles. The minimum atomic E-state index is 0.806. The van der Waals surface area contributed by atoms with Gasteiger partial charge in [0.15, 0.2) is 0 Å². The Balaban J connectivity index is 1.65. The van der Waals surface area contributed by atoms with Crippen LogP contribution in [-0.2, 0) is 0 Å². The zero-order valence-corrected chi connectivity index (χ0v) is 11.4. The maximum atomic E-state index is 2.53. The molecule has 1 unspecified atom stereocenters. The van der Waals surface area contributed by atoms with E-state index in [1.54, 1.807) is 0 Å². The van der Waals surface area contributed by atoms with Gasteiger partial charge in [-0.2, -0.15) is 0 Å². The van der Waals surface area contributed by atoms with Crippen LogP contribution in [0.4, 0.5) is 0 Å². The summed E-state index contributed by atoms with van der Waals surface area (Å²) >= 11 is 0. The molecule has 0 saturated carbocycles. The molecule has 0 amide bonds. The summed E-state index contributed by atoms with van der Waals surface area (Å²) in [6, 6.07) is 11.3. The molecule has 1 radical (unpaired) electrons. The Morgan fingerprint density at radius 3 is 2.83 bits per heavy atom. The van der Waals surface area contributed by atoms with E-state index in [-0.39, 0.29) is 0 Å². The van der Waals surface area contributed by atoms with Crippen molar-refractivity contribution in [2.75, 3.05) is 13.6 Å². The lowest BCUT2D eigenvalue weighted by Gasteiger charge is -2.32. The smallest absolute Gasteiger partial charge is 0.00924 e. The molecule has 0 N–H and O–H groups in total. The summed E-state index contributed by atoms with van der Waals surface area (Å²) in [4.78, 5) is 2.53. The molecule has 97 valence electrons.